The van der Waals surface area contributed by atoms with Gasteiger partial charge >= 0.3 is 0 Å². The van der Waals surface area contributed by atoms with E-state index in [1.807, 2.05) is 0 Å². The maximum Gasteiger partial charge on any atom is 0.251 e. The monoisotopic (exact) mass is 237 g/mol. The van der Waals surface area contributed by atoms with Gasteiger partial charge < -0.3 is 11.1 Å². The third-order valence-corrected chi connectivity index (χ3v) is 2.34. The molecule has 0 spiro atoms. The van der Waals surface area contributed by atoms with Gasteiger partial charge in [-0.05, 0) is 0 Å². The van der Waals surface area contributed by atoms with Gasteiger partial charge in [-0.2, -0.15) is 0 Å². The van der Waals surface area contributed by atoms with Crippen LogP contribution in [0.15, 0.2) is 15.0 Å². The molecule has 2 aliphatic rings. The number of aliphatic imine (C=N–C) groups is 3. The molecule has 2 heterocycles. The van der Waals surface area contributed by atoms with Gasteiger partial charge in [0.2, 0.25) is 11.6 Å². The molecule has 2 rings (SSSR count). The van der Waals surface area contributed by atoms with Gasteiger partial charge in [-0.25, -0.2) is 15.0 Å². The zero-order chi connectivity index (χ0) is 9.69. The van der Waals surface area contributed by atoms with Crippen LogP contribution in [0.1, 0.15) is 0 Å². The molecule has 0 saturated heterocycles. The Kier molecular flexibility index (Phi) is 2.44. The molecule has 7 nitrogen and oxygen atoms in total. The molecule has 0 aromatic heterocycles. The first-order valence-corrected chi connectivity index (χ1v) is 3.85. The number of nitrogens with one attached hydrogen (secondary N) is 1. The summed E-state index contributed by atoms with van der Waals surface area (Å²) in [6.45, 7) is 0. The van der Waals surface area contributed by atoms with E-state index in [1.54, 1.807) is 0 Å². The second-order valence-electron chi connectivity index (χ2n) is 2.81. The maximum atomic E-state index is 5.82. The summed E-state index contributed by atoms with van der Waals surface area (Å²) in [6, 6.07) is 0. The third kappa shape index (κ3) is 1.17. The lowest BCUT2D eigenvalue weighted by molar-refractivity contribution is 0.322. The van der Waals surface area contributed by atoms with Crippen molar-refractivity contribution in [3.05, 3.63) is 0 Å². The highest BCUT2D eigenvalue weighted by molar-refractivity contribution is 6.68. The van der Waals surface area contributed by atoms with Crippen molar-refractivity contribution in [2.45, 2.75) is 11.4 Å². The van der Waals surface area contributed by atoms with Crippen molar-refractivity contribution in [3.8, 4) is 0 Å². The molecule has 0 saturated carbocycles. The second-order valence-corrected chi connectivity index (χ2v) is 3.17. The summed E-state index contributed by atoms with van der Waals surface area (Å²) in [5.41, 5.74) is 15.7. The number of halogens is 2. The van der Waals surface area contributed by atoms with Gasteiger partial charge in [-0.3, -0.25) is 11.5 Å². The van der Waals surface area contributed by atoms with Gasteiger partial charge in [0.25, 0.3) is 5.79 Å². The lowest BCUT2D eigenvalue weighted by atomic mass is 10.1. The Hall–Kier alpha value is -0.890. The molecule has 0 radical (unpaired) electrons. The van der Waals surface area contributed by atoms with E-state index in [0.29, 0.717) is 0 Å². The van der Waals surface area contributed by atoms with Crippen molar-refractivity contribution >= 4 is 41.5 Å². The summed E-state index contributed by atoms with van der Waals surface area (Å²) in [5.74, 6) is -1.43. The third-order valence-electron chi connectivity index (χ3n) is 1.96. The van der Waals surface area contributed by atoms with Crippen LogP contribution in [0.3, 0.4) is 0 Å². The van der Waals surface area contributed by atoms with Crippen LogP contribution in [0.5, 0.6) is 0 Å². The van der Waals surface area contributed by atoms with Gasteiger partial charge in [0.15, 0.2) is 5.17 Å². The van der Waals surface area contributed by atoms with Crippen LogP contribution in [0.2, 0.25) is 0 Å². The molecule has 78 valence electrons. The van der Waals surface area contributed by atoms with Crippen molar-refractivity contribution in [2.75, 3.05) is 0 Å². The summed E-state index contributed by atoms with van der Waals surface area (Å²) in [4.78, 5) is 11.4. The van der Waals surface area contributed by atoms with E-state index < -0.39 is 11.4 Å². The van der Waals surface area contributed by atoms with Gasteiger partial charge in [0.05, 0.1) is 6.34 Å². The molecule has 0 amide bonds. The van der Waals surface area contributed by atoms with Gasteiger partial charge in [-0.1, -0.05) is 11.6 Å². The SMILES string of the molecule is Cl.NC1=NC2(N)N=CNC2(N)C(Cl)=N1. The molecule has 0 bridgehead atoms. The van der Waals surface area contributed by atoms with Crippen molar-refractivity contribution in [1.82, 2.24) is 5.32 Å². The molecule has 14 heavy (non-hydrogen) atoms. The largest absolute Gasteiger partial charge is 0.368 e. The number of rotatable bonds is 0. The molecule has 2 unspecified atom stereocenters. The van der Waals surface area contributed by atoms with E-state index in [0.717, 1.165) is 0 Å². The van der Waals surface area contributed by atoms with E-state index in [4.69, 9.17) is 28.8 Å². The topological polar surface area (TPSA) is 127 Å². The molecule has 7 N–H and O–H groups in total. The van der Waals surface area contributed by atoms with E-state index in [-0.39, 0.29) is 23.5 Å². The van der Waals surface area contributed by atoms with Crippen molar-refractivity contribution in [3.63, 3.8) is 0 Å². The minimum atomic E-state index is -1.39. The first kappa shape index (κ1) is 11.2. The Labute approximate surface area is 90.9 Å². The summed E-state index contributed by atoms with van der Waals surface area (Å²) in [7, 11) is 0. The van der Waals surface area contributed by atoms with Gasteiger partial charge in [0.1, 0.15) is 0 Å². The smallest absolute Gasteiger partial charge is 0.251 e. The highest BCUT2D eigenvalue weighted by atomic mass is 35.5. The molecule has 2 atom stereocenters. The predicted octanol–water partition coefficient (Wildman–Crippen LogP) is -1.73. The average molecular weight is 238 g/mol. The molecule has 0 fully saturated rings. The maximum absolute atomic E-state index is 5.82. The first-order chi connectivity index (χ1) is 5.98. The van der Waals surface area contributed by atoms with Crippen LogP contribution < -0.4 is 22.5 Å². The Morgan fingerprint density at radius 1 is 1.43 bits per heavy atom. The normalized spacial score (nSPS) is 39.1. The number of guanidine groups is 1. The second kappa shape index (κ2) is 3.06. The van der Waals surface area contributed by atoms with Gasteiger partial charge in [-0.15, -0.1) is 12.4 Å². The minimum Gasteiger partial charge on any atom is -0.368 e. The predicted molar refractivity (Wildman–Crippen MR) is 57.6 cm³/mol. The summed E-state index contributed by atoms with van der Waals surface area (Å²) < 4.78 is 0. The molecular weight excluding hydrogens is 229 g/mol. The van der Waals surface area contributed by atoms with E-state index in [1.165, 1.54) is 6.34 Å². The number of fused-ring (bicyclic) bond motifs is 1. The quantitative estimate of drug-likeness (QED) is 0.400. The van der Waals surface area contributed by atoms with Crippen molar-refractivity contribution < 1.29 is 0 Å². The summed E-state index contributed by atoms with van der Waals surface area (Å²) >= 11 is 5.79. The molecule has 9 heteroatoms. The van der Waals surface area contributed by atoms with Crippen molar-refractivity contribution in [2.24, 2.45) is 32.2 Å². The minimum absolute atomic E-state index is 0. The number of nitrogens with two attached hydrogens (primary N) is 3. The van der Waals surface area contributed by atoms with Crippen LogP contribution in [-0.4, -0.2) is 28.9 Å². The zero-order valence-corrected chi connectivity index (χ0v) is 8.51. The lowest BCUT2D eigenvalue weighted by Crippen LogP contribution is -2.72. The number of hydrogen-bond acceptors (Lipinski definition) is 7. The van der Waals surface area contributed by atoms with Crippen LogP contribution in [0.4, 0.5) is 0 Å². The fourth-order valence-electron chi connectivity index (χ4n) is 1.16. The van der Waals surface area contributed by atoms with Crippen LogP contribution in [0.25, 0.3) is 0 Å². The lowest BCUT2D eigenvalue weighted by Gasteiger charge is -2.35. The van der Waals surface area contributed by atoms with Crippen LogP contribution >= 0.6 is 24.0 Å². The van der Waals surface area contributed by atoms with Crippen LogP contribution in [0, 0.1) is 0 Å². The zero-order valence-electron chi connectivity index (χ0n) is 6.94. The van der Waals surface area contributed by atoms with Crippen molar-refractivity contribution in [1.29, 1.82) is 0 Å². The first-order valence-electron chi connectivity index (χ1n) is 3.47. The molecule has 2 aliphatic heterocycles. The number of hydrogen-bond donors (Lipinski definition) is 4. The molecule has 0 aromatic rings. The fourth-order valence-corrected chi connectivity index (χ4v) is 1.44. The summed E-state index contributed by atoms with van der Waals surface area (Å²) in [5, 5.41) is 2.72. The Morgan fingerprint density at radius 2 is 2.07 bits per heavy atom. The Morgan fingerprint density at radius 3 is 2.71 bits per heavy atom. The van der Waals surface area contributed by atoms with Crippen LogP contribution in [-0.2, 0) is 0 Å². The van der Waals surface area contributed by atoms with E-state index in [2.05, 4.69) is 20.3 Å². The highest BCUT2D eigenvalue weighted by Crippen LogP contribution is 2.27. The van der Waals surface area contributed by atoms with E-state index in [9.17, 15) is 0 Å². The Balaban J connectivity index is 0.000000980. The summed E-state index contributed by atoms with van der Waals surface area (Å²) in [6.07, 6.45) is 1.33. The fraction of sp³-hybridized carbons (Fsp3) is 0.400. The standard InChI is InChI=1S/C5H8ClN7.ClH/c6-2-4(8)5(9,11-1-10-4)13-3(7)12-2;/h1H,8-9H2,(H2,7,13)(H,10,11);1H. The average Bonchev–Trinajstić information content (AvgIpc) is 2.28. The number of nitrogens with zero attached hydrogens (tertiary/aromatic N) is 3. The van der Waals surface area contributed by atoms with E-state index >= 15 is 0 Å². The molecular formula is C5H9Cl2N7. The van der Waals surface area contributed by atoms with Gasteiger partial charge in [0, 0.05) is 0 Å². The molecule has 0 aliphatic carbocycles. The molecule has 0 aromatic carbocycles. The Bertz CT molecular complexity index is 350. The highest BCUT2D eigenvalue weighted by Gasteiger charge is 2.55.